The van der Waals surface area contributed by atoms with Gasteiger partial charge in [-0.25, -0.2) is 4.79 Å². The van der Waals surface area contributed by atoms with E-state index in [2.05, 4.69) is 79.9 Å². The van der Waals surface area contributed by atoms with Crippen LogP contribution in [0.15, 0.2) is 60.8 Å². The first-order valence-electron chi connectivity index (χ1n) is 22.1. The average molecular weight is 755 g/mol. The van der Waals surface area contributed by atoms with Crippen LogP contribution in [0, 0.1) is 0 Å². The highest BCUT2D eigenvalue weighted by molar-refractivity contribution is 5.83. The van der Waals surface area contributed by atoms with Crippen molar-refractivity contribution in [2.75, 3.05) is 6.54 Å². The third kappa shape index (κ3) is 37.4. The number of allylic oxidation sites excluding steroid dienone is 10. The number of nitrogens with two attached hydrogens (primary N) is 1. The van der Waals surface area contributed by atoms with Crippen molar-refractivity contribution in [3.63, 3.8) is 0 Å². The van der Waals surface area contributed by atoms with Gasteiger partial charge in [-0.15, -0.1) is 0 Å². The number of ether oxygens (including phenoxy) is 1. The number of hydrogen-bond donors (Lipinski definition) is 3. The summed E-state index contributed by atoms with van der Waals surface area (Å²) in [7, 11) is 0. The zero-order valence-electron chi connectivity index (χ0n) is 34.8. The maximum absolute atomic E-state index is 12.8. The summed E-state index contributed by atoms with van der Waals surface area (Å²) in [6, 6.07) is -0.866. The van der Waals surface area contributed by atoms with Gasteiger partial charge in [0.25, 0.3) is 0 Å². The summed E-state index contributed by atoms with van der Waals surface area (Å²) >= 11 is 0. The van der Waals surface area contributed by atoms with Crippen molar-refractivity contribution in [3.8, 4) is 0 Å². The molecule has 0 saturated carbocycles. The Bertz CT molecular complexity index is 1030. The number of hydrogen-bond acceptors (Lipinski definition) is 5. The van der Waals surface area contributed by atoms with Gasteiger partial charge < -0.3 is 20.9 Å². The molecular formula is C47H82N2O5. The highest BCUT2D eigenvalue weighted by Gasteiger charge is 2.19. The number of esters is 1. The van der Waals surface area contributed by atoms with Gasteiger partial charge in [0.15, 0.2) is 0 Å². The Balaban J connectivity index is 4.45. The smallest absolute Gasteiger partial charge is 0.326 e. The van der Waals surface area contributed by atoms with Gasteiger partial charge in [-0.1, -0.05) is 145 Å². The maximum Gasteiger partial charge on any atom is 0.326 e. The summed E-state index contributed by atoms with van der Waals surface area (Å²) in [5.74, 6) is -1.30. The molecule has 0 saturated heterocycles. The average Bonchev–Trinajstić information content (AvgIpc) is 3.16. The van der Waals surface area contributed by atoms with Gasteiger partial charge in [0.05, 0.1) is 0 Å². The molecule has 1 amide bonds. The van der Waals surface area contributed by atoms with Crippen molar-refractivity contribution in [1.82, 2.24) is 5.32 Å². The predicted molar refractivity (Wildman–Crippen MR) is 229 cm³/mol. The summed E-state index contributed by atoms with van der Waals surface area (Å²) in [5.41, 5.74) is 5.48. The first-order valence-corrected chi connectivity index (χ1v) is 22.1. The van der Waals surface area contributed by atoms with Crippen LogP contribution in [0.2, 0.25) is 0 Å². The summed E-state index contributed by atoms with van der Waals surface area (Å²) in [5, 5.41) is 11.9. The SMILES string of the molecule is CC/C=C\C/C=C\C/C=C\C/C=C\CCC(CCCCCCCC(=O)NC(CCCN)C(=O)O)OC(=O)CCCCCCC/C=C\CCCCCCCC. The fraction of sp³-hybridized carbons (Fsp3) is 0.723. The van der Waals surface area contributed by atoms with Crippen LogP contribution in [0.4, 0.5) is 0 Å². The van der Waals surface area contributed by atoms with Crippen LogP contribution in [0.3, 0.4) is 0 Å². The molecule has 0 spiro atoms. The van der Waals surface area contributed by atoms with Crippen molar-refractivity contribution < 1.29 is 24.2 Å². The molecule has 0 aliphatic rings. The number of amides is 1. The molecule has 0 heterocycles. The fourth-order valence-corrected chi connectivity index (χ4v) is 6.26. The topological polar surface area (TPSA) is 119 Å². The van der Waals surface area contributed by atoms with Gasteiger partial charge in [-0.3, -0.25) is 9.59 Å². The number of unbranched alkanes of at least 4 members (excludes halogenated alkanes) is 15. The molecule has 0 aromatic rings. The lowest BCUT2D eigenvalue weighted by atomic mass is 10.0. The quantitative estimate of drug-likeness (QED) is 0.0327. The minimum Gasteiger partial charge on any atom is -0.480 e. The molecule has 310 valence electrons. The van der Waals surface area contributed by atoms with Crippen LogP contribution >= 0.6 is 0 Å². The van der Waals surface area contributed by atoms with Gasteiger partial charge >= 0.3 is 11.9 Å². The third-order valence-electron chi connectivity index (χ3n) is 9.58. The van der Waals surface area contributed by atoms with Gasteiger partial charge in [-0.2, -0.15) is 0 Å². The van der Waals surface area contributed by atoms with Crippen LogP contribution in [-0.4, -0.2) is 41.6 Å². The highest BCUT2D eigenvalue weighted by atomic mass is 16.5. The van der Waals surface area contributed by atoms with Gasteiger partial charge in [0.2, 0.25) is 5.91 Å². The minimum absolute atomic E-state index is 0.0695. The first kappa shape index (κ1) is 51.1. The van der Waals surface area contributed by atoms with E-state index >= 15 is 0 Å². The Morgan fingerprint density at radius 1 is 0.556 bits per heavy atom. The molecule has 0 aliphatic heterocycles. The zero-order chi connectivity index (χ0) is 39.6. The lowest BCUT2D eigenvalue weighted by Crippen LogP contribution is -2.40. The Labute approximate surface area is 331 Å². The van der Waals surface area contributed by atoms with Gasteiger partial charge in [-0.05, 0) is 109 Å². The van der Waals surface area contributed by atoms with Crippen LogP contribution in [0.1, 0.15) is 200 Å². The lowest BCUT2D eigenvalue weighted by Gasteiger charge is -2.17. The first-order chi connectivity index (χ1) is 26.4. The van der Waals surface area contributed by atoms with Crippen LogP contribution in [-0.2, 0) is 19.1 Å². The number of nitrogens with one attached hydrogen (secondary N) is 1. The monoisotopic (exact) mass is 755 g/mol. The van der Waals surface area contributed by atoms with Crippen LogP contribution in [0.25, 0.3) is 0 Å². The Hall–Kier alpha value is -2.93. The Kier molecular flexibility index (Phi) is 39.0. The second-order valence-electron chi connectivity index (χ2n) is 14.7. The van der Waals surface area contributed by atoms with Crippen molar-refractivity contribution in [2.24, 2.45) is 5.73 Å². The van der Waals surface area contributed by atoms with Crippen LogP contribution in [0.5, 0.6) is 0 Å². The summed E-state index contributed by atoms with van der Waals surface area (Å²) in [4.78, 5) is 36.4. The van der Waals surface area contributed by atoms with Gasteiger partial charge in [0.1, 0.15) is 12.1 Å². The van der Waals surface area contributed by atoms with E-state index in [1.54, 1.807) is 0 Å². The molecule has 0 rings (SSSR count). The molecule has 0 aromatic heterocycles. The molecule has 0 aliphatic carbocycles. The van der Waals surface area contributed by atoms with E-state index in [0.29, 0.717) is 32.2 Å². The van der Waals surface area contributed by atoms with Crippen molar-refractivity contribution in [3.05, 3.63) is 60.8 Å². The van der Waals surface area contributed by atoms with Gasteiger partial charge in [0, 0.05) is 12.8 Å². The number of carboxylic acid groups (broad SMARTS) is 1. The second kappa shape index (κ2) is 41.2. The number of carbonyl (C=O) groups is 3. The van der Waals surface area contributed by atoms with Crippen LogP contribution < -0.4 is 11.1 Å². The van der Waals surface area contributed by atoms with E-state index < -0.39 is 12.0 Å². The van der Waals surface area contributed by atoms with E-state index in [-0.39, 0.29) is 18.0 Å². The Morgan fingerprint density at radius 3 is 1.63 bits per heavy atom. The molecule has 54 heavy (non-hydrogen) atoms. The number of carboxylic acids is 1. The molecule has 4 N–H and O–H groups in total. The molecule has 0 aromatic carbocycles. The lowest BCUT2D eigenvalue weighted by molar-refractivity contribution is -0.150. The molecule has 7 heteroatoms. The number of rotatable bonds is 39. The summed E-state index contributed by atoms with van der Waals surface area (Å²) in [6.07, 6.45) is 51.2. The minimum atomic E-state index is -1.01. The van der Waals surface area contributed by atoms with E-state index in [9.17, 15) is 19.5 Å². The summed E-state index contributed by atoms with van der Waals surface area (Å²) in [6.45, 7) is 4.82. The van der Waals surface area contributed by atoms with E-state index in [4.69, 9.17) is 10.5 Å². The number of carbonyl (C=O) groups excluding carboxylic acids is 2. The molecule has 2 unspecified atom stereocenters. The van der Waals surface area contributed by atoms with Crippen molar-refractivity contribution >= 4 is 17.8 Å². The zero-order valence-corrected chi connectivity index (χ0v) is 34.8. The molecule has 7 nitrogen and oxygen atoms in total. The highest BCUT2D eigenvalue weighted by Crippen LogP contribution is 2.17. The van der Waals surface area contributed by atoms with E-state index in [1.807, 2.05) is 0 Å². The standard InChI is InChI=1S/C47H82N2O5/c1-3-5-7-9-11-13-15-17-18-20-22-24-26-31-35-41-46(51)54-43(37-32-28-25-23-21-19-16-14-12-10-8-6-4-2)38-33-29-27-30-34-40-45(50)49-44(47(52)53)39-36-42-48/h6,8,12,14,17-19,21,25,28,43-44H,3-5,7,9-11,13,15-16,20,22-24,26-27,29-42,48H2,1-2H3,(H,49,50)(H,52,53)/b8-6-,14-12-,18-17-,21-19-,28-25-. The second-order valence-corrected chi connectivity index (χ2v) is 14.7. The van der Waals surface area contributed by atoms with Crippen molar-refractivity contribution in [1.29, 1.82) is 0 Å². The molecule has 2 atom stereocenters. The number of aliphatic carboxylic acids is 1. The third-order valence-corrected chi connectivity index (χ3v) is 9.58. The normalized spacial score (nSPS) is 13.2. The molecule has 0 bridgehead atoms. The molecule has 0 radical (unpaired) electrons. The summed E-state index contributed by atoms with van der Waals surface area (Å²) < 4.78 is 6.00. The fourth-order valence-electron chi connectivity index (χ4n) is 6.26. The molecule has 0 fully saturated rings. The maximum atomic E-state index is 12.8. The Morgan fingerprint density at radius 2 is 1.06 bits per heavy atom. The molecular weight excluding hydrogens is 673 g/mol. The van der Waals surface area contributed by atoms with E-state index in [0.717, 1.165) is 96.3 Å². The predicted octanol–water partition coefficient (Wildman–Crippen LogP) is 12.6. The van der Waals surface area contributed by atoms with Crippen molar-refractivity contribution in [2.45, 2.75) is 212 Å². The van der Waals surface area contributed by atoms with E-state index in [1.165, 1.54) is 64.2 Å². The largest absolute Gasteiger partial charge is 0.480 e.